The first-order valence-corrected chi connectivity index (χ1v) is 6.84. The van der Waals surface area contributed by atoms with Crippen LogP contribution in [-0.2, 0) is 0 Å². The second kappa shape index (κ2) is 4.59. The fourth-order valence-corrected chi connectivity index (χ4v) is 2.77. The molecule has 0 atom stereocenters. The third kappa shape index (κ3) is 1.96. The summed E-state index contributed by atoms with van der Waals surface area (Å²) in [4.78, 5) is 8.82. The highest BCUT2D eigenvalue weighted by atomic mass is 15.1. The summed E-state index contributed by atoms with van der Waals surface area (Å²) in [6.07, 6.45) is 8.95. The zero-order valence-corrected chi connectivity index (χ0v) is 11.1. The van der Waals surface area contributed by atoms with Crippen molar-refractivity contribution in [3.8, 4) is 0 Å². The van der Waals surface area contributed by atoms with Crippen molar-refractivity contribution in [2.45, 2.75) is 51.6 Å². The van der Waals surface area contributed by atoms with Crippen LogP contribution in [0.3, 0.4) is 0 Å². The van der Waals surface area contributed by atoms with Crippen LogP contribution in [0, 0.1) is 0 Å². The molecule has 0 aromatic carbocycles. The zero-order chi connectivity index (χ0) is 12.5. The molecule has 0 saturated heterocycles. The number of nitrogens with zero attached hydrogens (tertiary/aromatic N) is 3. The van der Waals surface area contributed by atoms with Crippen molar-refractivity contribution in [2.24, 2.45) is 0 Å². The Bertz CT molecular complexity index is 538. The molecule has 0 unspecified atom stereocenters. The summed E-state index contributed by atoms with van der Waals surface area (Å²) < 4.78 is 2.19. The van der Waals surface area contributed by atoms with Crippen LogP contribution in [0.2, 0.25) is 0 Å². The molecule has 18 heavy (non-hydrogen) atoms. The minimum atomic E-state index is 0.428. The predicted octanol–water partition coefficient (Wildman–Crippen LogP) is 3.37. The van der Waals surface area contributed by atoms with Crippen LogP contribution in [0.15, 0.2) is 18.6 Å². The molecule has 2 aromatic rings. The summed E-state index contributed by atoms with van der Waals surface area (Å²) in [5.74, 6) is 0.992. The van der Waals surface area contributed by atoms with Gasteiger partial charge < -0.3 is 9.88 Å². The zero-order valence-electron chi connectivity index (χ0n) is 11.1. The number of nitrogens with one attached hydrogen (secondary N) is 1. The van der Waals surface area contributed by atoms with E-state index >= 15 is 0 Å². The highest BCUT2D eigenvalue weighted by Gasteiger charge is 2.17. The van der Waals surface area contributed by atoms with Crippen LogP contribution >= 0.6 is 0 Å². The number of fused-ring (bicyclic) bond motifs is 1. The van der Waals surface area contributed by atoms with Gasteiger partial charge in [0, 0.05) is 18.3 Å². The standard InChI is InChI=1S/C14H20N4/c1-10(2)18-8-7-12-13(15-9-16-14(12)18)17-11-5-3-4-6-11/h7-11H,3-6H2,1-2H3,(H,15,16,17). The van der Waals surface area contributed by atoms with Crippen LogP contribution < -0.4 is 5.32 Å². The second-order valence-corrected chi connectivity index (χ2v) is 5.40. The van der Waals surface area contributed by atoms with Gasteiger partial charge in [-0.25, -0.2) is 9.97 Å². The van der Waals surface area contributed by atoms with Gasteiger partial charge in [-0.15, -0.1) is 0 Å². The van der Waals surface area contributed by atoms with E-state index in [0.717, 1.165) is 16.9 Å². The first-order valence-electron chi connectivity index (χ1n) is 6.84. The Balaban J connectivity index is 1.96. The summed E-state index contributed by atoms with van der Waals surface area (Å²) >= 11 is 0. The van der Waals surface area contributed by atoms with E-state index in [9.17, 15) is 0 Å². The van der Waals surface area contributed by atoms with Crippen LogP contribution in [-0.4, -0.2) is 20.6 Å². The van der Waals surface area contributed by atoms with E-state index in [0.29, 0.717) is 12.1 Å². The number of aromatic nitrogens is 3. The van der Waals surface area contributed by atoms with Crippen molar-refractivity contribution in [2.75, 3.05) is 5.32 Å². The summed E-state index contributed by atoms with van der Waals surface area (Å²) in [6.45, 7) is 4.34. The summed E-state index contributed by atoms with van der Waals surface area (Å²) in [5.41, 5.74) is 1.03. The highest BCUT2D eigenvalue weighted by Crippen LogP contribution is 2.27. The van der Waals surface area contributed by atoms with Crippen LogP contribution in [0.5, 0.6) is 0 Å². The van der Waals surface area contributed by atoms with E-state index in [1.165, 1.54) is 25.7 Å². The van der Waals surface area contributed by atoms with Gasteiger partial charge >= 0.3 is 0 Å². The van der Waals surface area contributed by atoms with Gasteiger partial charge in [0.15, 0.2) is 0 Å². The van der Waals surface area contributed by atoms with E-state index in [1.807, 2.05) is 0 Å². The number of anilines is 1. The lowest BCUT2D eigenvalue weighted by atomic mass is 10.2. The fourth-order valence-electron chi connectivity index (χ4n) is 2.77. The molecule has 1 aliphatic carbocycles. The van der Waals surface area contributed by atoms with Gasteiger partial charge in [0.25, 0.3) is 0 Å². The lowest BCUT2D eigenvalue weighted by Gasteiger charge is -2.13. The van der Waals surface area contributed by atoms with Gasteiger partial charge in [0.1, 0.15) is 17.8 Å². The summed E-state index contributed by atoms with van der Waals surface area (Å²) in [6, 6.07) is 3.13. The monoisotopic (exact) mass is 244 g/mol. The Morgan fingerprint density at radius 3 is 2.78 bits per heavy atom. The topological polar surface area (TPSA) is 42.7 Å². The number of rotatable bonds is 3. The largest absolute Gasteiger partial charge is 0.367 e. The van der Waals surface area contributed by atoms with E-state index in [4.69, 9.17) is 0 Å². The lowest BCUT2D eigenvalue weighted by molar-refractivity contribution is 0.617. The SMILES string of the molecule is CC(C)n1ccc2c(NC3CCCC3)ncnc21. The maximum atomic E-state index is 4.41. The van der Waals surface area contributed by atoms with E-state index in [-0.39, 0.29) is 0 Å². The molecule has 0 amide bonds. The molecule has 2 heterocycles. The molecule has 0 radical (unpaired) electrons. The van der Waals surface area contributed by atoms with Crippen molar-refractivity contribution in [1.29, 1.82) is 0 Å². The lowest BCUT2D eigenvalue weighted by Crippen LogP contribution is -2.15. The molecule has 0 aliphatic heterocycles. The van der Waals surface area contributed by atoms with Gasteiger partial charge in [-0.2, -0.15) is 0 Å². The predicted molar refractivity (Wildman–Crippen MR) is 73.8 cm³/mol. The van der Waals surface area contributed by atoms with Gasteiger partial charge in [-0.3, -0.25) is 0 Å². The van der Waals surface area contributed by atoms with Gasteiger partial charge in [0.2, 0.25) is 0 Å². The maximum Gasteiger partial charge on any atom is 0.145 e. The van der Waals surface area contributed by atoms with Crippen LogP contribution in [0.4, 0.5) is 5.82 Å². The molecule has 4 heteroatoms. The molecule has 0 spiro atoms. The van der Waals surface area contributed by atoms with Crippen molar-refractivity contribution in [3.63, 3.8) is 0 Å². The summed E-state index contributed by atoms with van der Waals surface area (Å²) in [5, 5.41) is 4.71. The average molecular weight is 244 g/mol. The fraction of sp³-hybridized carbons (Fsp3) is 0.571. The first kappa shape index (κ1) is 11.5. The Morgan fingerprint density at radius 2 is 2.06 bits per heavy atom. The third-order valence-corrected chi connectivity index (χ3v) is 3.76. The van der Waals surface area contributed by atoms with E-state index in [2.05, 4.69) is 46.0 Å². The minimum Gasteiger partial charge on any atom is -0.367 e. The van der Waals surface area contributed by atoms with Gasteiger partial charge in [-0.1, -0.05) is 12.8 Å². The van der Waals surface area contributed by atoms with Gasteiger partial charge in [0.05, 0.1) is 5.39 Å². The quantitative estimate of drug-likeness (QED) is 0.900. The van der Waals surface area contributed by atoms with Crippen LogP contribution in [0.25, 0.3) is 11.0 Å². The molecule has 4 nitrogen and oxygen atoms in total. The highest BCUT2D eigenvalue weighted by molar-refractivity contribution is 5.87. The third-order valence-electron chi connectivity index (χ3n) is 3.76. The second-order valence-electron chi connectivity index (χ2n) is 5.40. The average Bonchev–Trinajstić information content (AvgIpc) is 2.97. The Morgan fingerprint density at radius 1 is 1.28 bits per heavy atom. The molecule has 1 N–H and O–H groups in total. The minimum absolute atomic E-state index is 0.428. The molecule has 1 aliphatic rings. The molecule has 1 saturated carbocycles. The normalized spacial score (nSPS) is 16.8. The molecule has 1 fully saturated rings. The Kier molecular flexibility index (Phi) is 2.94. The van der Waals surface area contributed by atoms with Crippen molar-refractivity contribution < 1.29 is 0 Å². The van der Waals surface area contributed by atoms with Crippen molar-refractivity contribution >= 4 is 16.9 Å². The maximum absolute atomic E-state index is 4.41. The summed E-state index contributed by atoms with van der Waals surface area (Å²) in [7, 11) is 0. The smallest absolute Gasteiger partial charge is 0.145 e. The number of hydrogen-bond donors (Lipinski definition) is 1. The Hall–Kier alpha value is -1.58. The first-order chi connectivity index (χ1) is 8.75. The van der Waals surface area contributed by atoms with Crippen molar-refractivity contribution in [1.82, 2.24) is 14.5 Å². The molecule has 3 rings (SSSR count). The molecule has 96 valence electrons. The Labute approximate surface area is 107 Å². The van der Waals surface area contributed by atoms with E-state index in [1.54, 1.807) is 6.33 Å². The molecular formula is C14H20N4. The molecular weight excluding hydrogens is 224 g/mol. The number of hydrogen-bond acceptors (Lipinski definition) is 3. The van der Waals surface area contributed by atoms with Gasteiger partial charge in [-0.05, 0) is 32.8 Å². The van der Waals surface area contributed by atoms with E-state index < -0.39 is 0 Å². The van der Waals surface area contributed by atoms with Crippen molar-refractivity contribution in [3.05, 3.63) is 18.6 Å². The molecule has 0 bridgehead atoms. The molecule has 2 aromatic heterocycles. The van der Waals surface area contributed by atoms with Crippen LogP contribution in [0.1, 0.15) is 45.6 Å².